The van der Waals surface area contributed by atoms with Gasteiger partial charge in [-0.3, -0.25) is 4.79 Å². The largest absolute Gasteiger partial charge is 0.468 e. The fourth-order valence-electron chi connectivity index (χ4n) is 2.03. The Bertz CT molecular complexity index is 1050. The van der Waals surface area contributed by atoms with Crippen molar-refractivity contribution < 1.29 is 12.8 Å². The zero-order valence-corrected chi connectivity index (χ0v) is 14.8. The summed E-state index contributed by atoms with van der Waals surface area (Å²) >= 11 is 11.5. The zero-order chi connectivity index (χ0) is 18.0. The molecule has 2 heterocycles. The van der Waals surface area contributed by atoms with Gasteiger partial charge in [-0.1, -0.05) is 23.2 Å². The number of hydrogen-bond donors (Lipinski definition) is 1. The maximum atomic E-state index is 12.3. The van der Waals surface area contributed by atoms with Crippen molar-refractivity contribution >= 4 is 33.2 Å². The van der Waals surface area contributed by atoms with Crippen molar-refractivity contribution in [2.24, 2.45) is 0 Å². The molecule has 10 heteroatoms. The van der Waals surface area contributed by atoms with Crippen molar-refractivity contribution in [3.8, 4) is 5.69 Å². The Labute approximate surface area is 152 Å². The Morgan fingerprint density at radius 2 is 1.88 bits per heavy atom. The van der Waals surface area contributed by atoms with Crippen molar-refractivity contribution in [3.63, 3.8) is 0 Å². The van der Waals surface area contributed by atoms with Crippen LogP contribution in [-0.4, -0.2) is 18.2 Å². The molecule has 7 nitrogen and oxygen atoms in total. The summed E-state index contributed by atoms with van der Waals surface area (Å²) in [6.07, 6.45) is 2.70. The Morgan fingerprint density at radius 1 is 1.16 bits per heavy atom. The van der Waals surface area contributed by atoms with E-state index in [0.717, 1.165) is 4.68 Å². The molecule has 25 heavy (non-hydrogen) atoms. The molecular formula is C15H11Cl2N3O4S. The van der Waals surface area contributed by atoms with Gasteiger partial charge in [0.05, 0.1) is 34.6 Å². The highest BCUT2D eigenvalue weighted by molar-refractivity contribution is 7.89. The molecule has 1 N–H and O–H groups in total. The van der Waals surface area contributed by atoms with Gasteiger partial charge in [0.1, 0.15) is 10.8 Å². The smallest absolute Gasteiger partial charge is 0.291 e. The number of nitrogens with zero attached hydrogens (tertiary/aromatic N) is 2. The monoisotopic (exact) mass is 399 g/mol. The van der Waals surface area contributed by atoms with Crippen molar-refractivity contribution in [2.75, 3.05) is 0 Å². The zero-order valence-electron chi connectivity index (χ0n) is 12.5. The second-order valence-corrected chi connectivity index (χ2v) is 7.47. The van der Waals surface area contributed by atoms with Crippen LogP contribution in [0.1, 0.15) is 5.76 Å². The summed E-state index contributed by atoms with van der Waals surface area (Å²) < 4.78 is 33.1. The Morgan fingerprint density at radius 3 is 2.52 bits per heavy atom. The third-order valence-electron chi connectivity index (χ3n) is 3.28. The van der Waals surface area contributed by atoms with Crippen LogP contribution in [0.3, 0.4) is 0 Å². The molecule has 0 radical (unpaired) electrons. The molecule has 0 aliphatic carbocycles. The molecule has 0 amide bonds. The molecule has 130 valence electrons. The number of nitrogens with one attached hydrogen (secondary N) is 1. The van der Waals surface area contributed by atoms with Crippen LogP contribution >= 0.6 is 23.2 Å². The van der Waals surface area contributed by atoms with Crippen LogP contribution in [0.4, 0.5) is 0 Å². The quantitative estimate of drug-likeness (QED) is 0.711. The highest BCUT2D eigenvalue weighted by Gasteiger charge is 2.15. The Balaban J connectivity index is 1.85. The van der Waals surface area contributed by atoms with Gasteiger partial charge in [0.2, 0.25) is 10.0 Å². The third-order valence-corrected chi connectivity index (χ3v) is 5.45. The molecule has 0 bridgehead atoms. The van der Waals surface area contributed by atoms with Crippen LogP contribution in [0.15, 0.2) is 63.0 Å². The van der Waals surface area contributed by atoms with E-state index in [1.807, 2.05) is 0 Å². The van der Waals surface area contributed by atoms with E-state index >= 15 is 0 Å². The van der Waals surface area contributed by atoms with Crippen LogP contribution in [0.2, 0.25) is 10.0 Å². The predicted molar refractivity (Wildman–Crippen MR) is 92.6 cm³/mol. The van der Waals surface area contributed by atoms with Gasteiger partial charge in [-0.05, 0) is 36.4 Å². The van der Waals surface area contributed by atoms with Crippen molar-refractivity contribution in [2.45, 2.75) is 11.4 Å². The summed E-state index contributed by atoms with van der Waals surface area (Å²) in [5, 5.41) is 3.77. The van der Waals surface area contributed by atoms with E-state index in [1.165, 1.54) is 36.7 Å². The first kappa shape index (κ1) is 17.7. The minimum Gasteiger partial charge on any atom is -0.468 e. The lowest BCUT2D eigenvalue weighted by atomic mass is 10.3. The number of hydrogen-bond acceptors (Lipinski definition) is 5. The van der Waals surface area contributed by atoms with Crippen LogP contribution < -0.4 is 10.3 Å². The van der Waals surface area contributed by atoms with Gasteiger partial charge in [-0.25, -0.2) is 13.1 Å². The van der Waals surface area contributed by atoms with Crippen molar-refractivity contribution in [1.29, 1.82) is 0 Å². The highest BCUT2D eigenvalue weighted by atomic mass is 35.5. The number of rotatable bonds is 5. The van der Waals surface area contributed by atoms with Gasteiger partial charge in [0.15, 0.2) is 0 Å². The minimum absolute atomic E-state index is 0.0326. The van der Waals surface area contributed by atoms with Crippen molar-refractivity contribution in [3.05, 3.63) is 75.0 Å². The van der Waals surface area contributed by atoms with Gasteiger partial charge in [-0.2, -0.15) is 9.78 Å². The first-order valence-corrected chi connectivity index (χ1v) is 9.18. The molecule has 1 aromatic carbocycles. The molecule has 0 saturated heterocycles. The summed E-state index contributed by atoms with van der Waals surface area (Å²) in [6.45, 7) is 0.0326. The van der Waals surface area contributed by atoms with Gasteiger partial charge < -0.3 is 4.42 Å². The van der Waals surface area contributed by atoms with E-state index in [-0.39, 0.29) is 21.5 Å². The van der Waals surface area contributed by atoms with E-state index in [0.29, 0.717) is 11.4 Å². The summed E-state index contributed by atoms with van der Waals surface area (Å²) in [4.78, 5) is 12.1. The molecule has 0 atom stereocenters. The minimum atomic E-state index is -3.73. The topological polar surface area (TPSA) is 94.2 Å². The molecule has 0 aliphatic heterocycles. The summed E-state index contributed by atoms with van der Waals surface area (Å²) in [7, 11) is -3.73. The van der Waals surface area contributed by atoms with E-state index in [1.54, 1.807) is 12.1 Å². The van der Waals surface area contributed by atoms with Gasteiger partial charge in [0, 0.05) is 0 Å². The normalized spacial score (nSPS) is 11.6. The molecule has 3 rings (SSSR count). The first-order valence-electron chi connectivity index (χ1n) is 6.94. The second-order valence-electron chi connectivity index (χ2n) is 4.92. The standard InChI is InChI=1S/C15H11Cl2N3O4S/c16-13-9-18-20(15(21)14(13)17)10-3-5-12(6-4-10)25(22,23)19-8-11-2-1-7-24-11/h1-7,9,19H,8H2. The van der Waals surface area contributed by atoms with Gasteiger partial charge in [0.25, 0.3) is 5.56 Å². The average Bonchev–Trinajstić information content (AvgIpc) is 3.12. The molecule has 0 unspecified atom stereocenters. The number of aromatic nitrogens is 2. The van der Waals surface area contributed by atoms with E-state index < -0.39 is 15.6 Å². The van der Waals surface area contributed by atoms with Crippen LogP contribution in [0.25, 0.3) is 5.69 Å². The van der Waals surface area contributed by atoms with Crippen LogP contribution in [0.5, 0.6) is 0 Å². The predicted octanol–water partition coefficient (Wildman–Crippen LogP) is 2.61. The summed E-state index contributed by atoms with van der Waals surface area (Å²) in [5.74, 6) is 0.492. The van der Waals surface area contributed by atoms with Gasteiger partial charge in [-0.15, -0.1) is 0 Å². The fourth-order valence-corrected chi connectivity index (χ4v) is 3.27. The molecule has 0 aliphatic rings. The molecule has 0 fully saturated rings. The van der Waals surface area contributed by atoms with Gasteiger partial charge >= 0.3 is 0 Å². The van der Waals surface area contributed by atoms with Crippen molar-refractivity contribution in [1.82, 2.24) is 14.5 Å². The first-order chi connectivity index (χ1) is 11.9. The number of furan rings is 1. The van der Waals surface area contributed by atoms with E-state index in [2.05, 4.69) is 9.82 Å². The van der Waals surface area contributed by atoms with Crippen LogP contribution in [-0.2, 0) is 16.6 Å². The maximum absolute atomic E-state index is 12.3. The lowest BCUT2D eigenvalue weighted by molar-refractivity contribution is 0.498. The lowest BCUT2D eigenvalue weighted by Gasteiger charge is -2.08. The molecule has 0 saturated carbocycles. The maximum Gasteiger partial charge on any atom is 0.291 e. The number of halogens is 2. The summed E-state index contributed by atoms with van der Waals surface area (Å²) in [5.41, 5.74) is -0.241. The Kier molecular flexibility index (Phi) is 4.96. The van der Waals surface area contributed by atoms with Crippen LogP contribution in [0, 0.1) is 0 Å². The molecular weight excluding hydrogens is 389 g/mol. The average molecular weight is 400 g/mol. The molecule has 0 spiro atoms. The highest BCUT2D eigenvalue weighted by Crippen LogP contribution is 2.17. The second kappa shape index (κ2) is 7.01. The Hall–Kier alpha value is -2.13. The number of benzene rings is 1. The fraction of sp³-hybridized carbons (Fsp3) is 0.0667. The van der Waals surface area contributed by atoms with E-state index in [4.69, 9.17) is 27.6 Å². The third kappa shape index (κ3) is 3.77. The van der Waals surface area contributed by atoms with E-state index in [9.17, 15) is 13.2 Å². The number of sulfonamides is 1. The lowest BCUT2D eigenvalue weighted by Crippen LogP contribution is -2.24. The molecule has 2 aromatic heterocycles. The SMILES string of the molecule is O=c1c(Cl)c(Cl)cnn1-c1ccc(S(=O)(=O)NCc2ccco2)cc1. The molecule has 3 aromatic rings. The summed E-state index contributed by atoms with van der Waals surface area (Å²) in [6, 6.07) is 8.93.